The average Bonchev–Trinajstić information content (AvgIpc) is 2.35. The average molecular weight is 267 g/mol. The number of carbonyl (C=O) groups is 2. The zero-order chi connectivity index (χ0) is 14.3. The number of halogens is 1. The number of amides is 3. The van der Waals surface area contributed by atoms with Crippen molar-refractivity contribution in [1.82, 2.24) is 10.6 Å². The predicted molar refractivity (Wildman–Crippen MR) is 71.3 cm³/mol. The molecule has 1 aromatic carbocycles. The smallest absolute Gasteiger partial charge is 0.319 e. The van der Waals surface area contributed by atoms with Gasteiger partial charge >= 0.3 is 6.03 Å². The summed E-state index contributed by atoms with van der Waals surface area (Å²) in [5.74, 6) is -0.692. The normalized spacial score (nSPS) is 11.5. The highest BCUT2D eigenvalue weighted by atomic mass is 19.1. The summed E-state index contributed by atoms with van der Waals surface area (Å²) in [5, 5.41) is 7.60. The number of nitrogens with one attached hydrogen (secondary N) is 3. The molecule has 0 saturated heterocycles. The van der Waals surface area contributed by atoms with Crippen LogP contribution in [0.3, 0.4) is 0 Å². The van der Waals surface area contributed by atoms with Gasteiger partial charge in [-0.1, -0.05) is 13.0 Å². The third-order valence-corrected chi connectivity index (χ3v) is 2.37. The summed E-state index contributed by atoms with van der Waals surface area (Å²) in [5.41, 5.74) is 0.332. The number of rotatable bonds is 5. The Morgan fingerprint density at radius 3 is 2.74 bits per heavy atom. The van der Waals surface area contributed by atoms with E-state index in [4.69, 9.17) is 0 Å². The lowest BCUT2D eigenvalue weighted by atomic mass is 10.3. The molecule has 3 amide bonds. The van der Waals surface area contributed by atoms with Crippen molar-refractivity contribution in [2.75, 3.05) is 11.9 Å². The topological polar surface area (TPSA) is 70.2 Å². The molecule has 0 aliphatic rings. The molecule has 5 nitrogen and oxygen atoms in total. The first-order chi connectivity index (χ1) is 9.02. The van der Waals surface area contributed by atoms with Gasteiger partial charge in [0.2, 0.25) is 5.91 Å². The van der Waals surface area contributed by atoms with E-state index in [0.29, 0.717) is 12.2 Å². The van der Waals surface area contributed by atoms with E-state index in [2.05, 4.69) is 16.0 Å². The summed E-state index contributed by atoms with van der Waals surface area (Å²) < 4.78 is 12.9. The molecule has 104 valence electrons. The first-order valence-corrected chi connectivity index (χ1v) is 6.13. The molecule has 1 atom stereocenters. The second-order valence-electron chi connectivity index (χ2n) is 4.12. The number of urea groups is 1. The van der Waals surface area contributed by atoms with Crippen molar-refractivity contribution < 1.29 is 14.0 Å². The lowest BCUT2D eigenvalue weighted by molar-refractivity contribution is -0.122. The van der Waals surface area contributed by atoms with Crippen molar-refractivity contribution in [3.05, 3.63) is 30.1 Å². The standard InChI is InChI=1S/C13H18FN3O2/c1-3-7-15-12(18)9(2)16-13(19)17-11-6-4-5-10(14)8-11/h4-6,8-9H,3,7H2,1-2H3,(H,15,18)(H2,16,17,19). The first kappa shape index (κ1) is 14.9. The van der Waals surface area contributed by atoms with Crippen molar-refractivity contribution in [3.63, 3.8) is 0 Å². The molecule has 0 saturated carbocycles. The summed E-state index contributed by atoms with van der Waals surface area (Å²) in [4.78, 5) is 23.1. The fourth-order valence-electron chi connectivity index (χ4n) is 1.40. The van der Waals surface area contributed by atoms with E-state index in [1.54, 1.807) is 13.0 Å². The Morgan fingerprint density at radius 2 is 2.11 bits per heavy atom. The van der Waals surface area contributed by atoms with Crippen molar-refractivity contribution in [1.29, 1.82) is 0 Å². The maximum absolute atomic E-state index is 12.9. The quantitative estimate of drug-likeness (QED) is 0.762. The molecular formula is C13H18FN3O2. The van der Waals surface area contributed by atoms with Crippen molar-refractivity contribution in [2.45, 2.75) is 26.3 Å². The van der Waals surface area contributed by atoms with Crippen LogP contribution in [0, 0.1) is 5.82 Å². The van der Waals surface area contributed by atoms with Gasteiger partial charge in [-0.15, -0.1) is 0 Å². The Morgan fingerprint density at radius 1 is 1.37 bits per heavy atom. The Balaban J connectivity index is 2.44. The SMILES string of the molecule is CCCNC(=O)C(C)NC(=O)Nc1cccc(F)c1. The van der Waals surface area contributed by atoms with Crippen LogP contribution < -0.4 is 16.0 Å². The van der Waals surface area contributed by atoms with E-state index in [0.717, 1.165) is 6.42 Å². The lowest BCUT2D eigenvalue weighted by Crippen LogP contribution is -2.46. The van der Waals surface area contributed by atoms with Gasteiger partial charge in [0.1, 0.15) is 11.9 Å². The van der Waals surface area contributed by atoms with E-state index in [1.165, 1.54) is 18.2 Å². The maximum atomic E-state index is 12.9. The number of anilines is 1. The lowest BCUT2D eigenvalue weighted by Gasteiger charge is -2.14. The molecule has 19 heavy (non-hydrogen) atoms. The molecule has 1 rings (SSSR count). The molecule has 0 aliphatic carbocycles. The molecule has 3 N–H and O–H groups in total. The summed E-state index contributed by atoms with van der Waals surface area (Å²) >= 11 is 0. The molecule has 0 heterocycles. The molecule has 1 unspecified atom stereocenters. The van der Waals surface area contributed by atoms with Gasteiger partial charge in [0.15, 0.2) is 0 Å². The van der Waals surface area contributed by atoms with Crippen LogP contribution >= 0.6 is 0 Å². The van der Waals surface area contributed by atoms with Crippen LogP contribution in [0.2, 0.25) is 0 Å². The molecule has 0 aliphatic heterocycles. The molecule has 1 aromatic rings. The number of hydrogen-bond acceptors (Lipinski definition) is 2. The van der Waals surface area contributed by atoms with Crippen LogP contribution in [0.25, 0.3) is 0 Å². The zero-order valence-corrected chi connectivity index (χ0v) is 11.0. The van der Waals surface area contributed by atoms with E-state index in [-0.39, 0.29) is 5.91 Å². The fourth-order valence-corrected chi connectivity index (χ4v) is 1.40. The van der Waals surface area contributed by atoms with E-state index in [9.17, 15) is 14.0 Å². The van der Waals surface area contributed by atoms with Crippen LogP contribution in [0.5, 0.6) is 0 Å². The molecule has 6 heteroatoms. The zero-order valence-electron chi connectivity index (χ0n) is 11.0. The van der Waals surface area contributed by atoms with E-state index in [1.807, 2.05) is 6.92 Å². The van der Waals surface area contributed by atoms with Crippen LogP contribution in [-0.2, 0) is 4.79 Å². The highest BCUT2D eigenvalue weighted by Crippen LogP contribution is 2.08. The Kier molecular flexibility index (Phi) is 5.78. The van der Waals surface area contributed by atoms with Crippen molar-refractivity contribution in [2.24, 2.45) is 0 Å². The minimum absolute atomic E-state index is 0.253. The van der Waals surface area contributed by atoms with Gasteiger partial charge in [-0.2, -0.15) is 0 Å². The molecule has 0 bridgehead atoms. The summed E-state index contributed by atoms with van der Waals surface area (Å²) in [6, 6.07) is 4.32. The number of hydrogen-bond donors (Lipinski definition) is 3. The van der Waals surface area contributed by atoms with Gasteiger partial charge in [-0.05, 0) is 31.5 Å². The molecular weight excluding hydrogens is 249 g/mol. The molecule has 0 aromatic heterocycles. The van der Waals surface area contributed by atoms with Crippen LogP contribution in [0.15, 0.2) is 24.3 Å². The first-order valence-electron chi connectivity index (χ1n) is 6.13. The van der Waals surface area contributed by atoms with Gasteiger partial charge in [-0.25, -0.2) is 9.18 Å². The van der Waals surface area contributed by atoms with Crippen LogP contribution in [-0.4, -0.2) is 24.5 Å². The summed E-state index contributed by atoms with van der Waals surface area (Å²) in [6.07, 6.45) is 0.827. The highest BCUT2D eigenvalue weighted by Gasteiger charge is 2.14. The third kappa shape index (κ3) is 5.37. The Labute approximate surface area is 111 Å². The maximum Gasteiger partial charge on any atom is 0.319 e. The second-order valence-corrected chi connectivity index (χ2v) is 4.12. The largest absolute Gasteiger partial charge is 0.354 e. The summed E-state index contributed by atoms with van der Waals surface area (Å²) in [6.45, 7) is 4.08. The Bertz CT molecular complexity index is 451. The monoisotopic (exact) mass is 267 g/mol. The predicted octanol–water partition coefficient (Wildman–Crippen LogP) is 1.86. The van der Waals surface area contributed by atoms with Crippen molar-refractivity contribution >= 4 is 17.6 Å². The minimum atomic E-state index is -0.653. The number of benzene rings is 1. The van der Waals surface area contributed by atoms with Gasteiger partial charge in [0.05, 0.1) is 0 Å². The van der Waals surface area contributed by atoms with Gasteiger partial charge in [0, 0.05) is 12.2 Å². The number of carbonyl (C=O) groups excluding carboxylic acids is 2. The van der Waals surface area contributed by atoms with Gasteiger partial charge in [0.25, 0.3) is 0 Å². The van der Waals surface area contributed by atoms with Crippen molar-refractivity contribution in [3.8, 4) is 0 Å². The minimum Gasteiger partial charge on any atom is -0.354 e. The fraction of sp³-hybridized carbons (Fsp3) is 0.385. The second kappa shape index (κ2) is 7.35. The van der Waals surface area contributed by atoms with Crippen LogP contribution in [0.4, 0.5) is 14.9 Å². The summed E-state index contributed by atoms with van der Waals surface area (Å²) in [7, 11) is 0. The Hall–Kier alpha value is -2.11. The molecule has 0 fully saturated rings. The molecule has 0 spiro atoms. The van der Waals surface area contributed by atoms with Gasteiger partial charge < -0.3 is 16.0 Å². The van der Waals surface area contributed by atoms with E-state index < -0.39 is 17.9 Å². The highest BCUT2D eigenvalue weighted by molar-refractivity contribution is 5.93. The molecule has 0 radical (unpaired) electrons. The van der Waals surface area contributed by atoms with Crippen LogP contribution in [0.1, 0.15) is 20.3 Å². The third-order valence-electron chi connectivity index (χ3n) is 2.37. The van der Waals surface area contributed by atoms with Gasteiger partial charge in [-0.3, -0.25) is 4.79 Å². The van der Waals surface area contributed by atoms with E-state index >= 15 is 0 Å².